The Kier molecular flexibility index (Phi) is 36.9. The van der Waals surface area contributed by atoms with Crippen LogP contribution in [0.4, 0.5) is 0 Å². The van der Waals surface area contributed by atoms with Crippen LogP contribution in [0, 0.1) is 0 Å². The van der Waals surface area contributed by atoms with Gasteiger partial charge in [-0.3, -0.25) is 4.79 Å². The molecule has 45 heavy (non-hydrogen) atoms. The molecule has 268 valence electrons. The van der Waals surface area contributed by atoms with Crippen molar-refractivity contribution in [3.63, 3.8) is 0 Å². The van der Waals surface area contributed by atoms with Crippen LogP contribution in [0.5, 0.6) is 0 Å². The van der Waals surface area contributed by atoms with E-state index in [1.54, 1.807) is 6.08 Å². The predicted molar refractivity (Wildman–Crippen MR) is 198 cm³/mol. The fourth-order valence-electron chi connectivity index (χ4n) is 6.35. The highest BCUT2D eigenvalue weighted by molar-refractivity contribution is 5.76. The first-order chi connectivity index (χ1) is 22.2. The molecule has 0 aromatic rings. The number of hydrogen-bond acceptors (Lipinski definition) is 3. The van der Waals surface area contributed by atoms with Crippen LogP contribution in [0.25, 0.3) is 0 Å². The van der Waals surface area contributed by atoms with E-state index in [0.717, 1.165) is 32.1 Å². The normalized spacial score (nSPS) is 13.1. The molecular formula is C41H81NO3. The minimum atomic E-state index is -0.830. The second-order valence-corrected chi connectivity index (χ2v) is 14.1. The summed E-state index contributed by atoms with van der Waals surface area (Å²) in [5, 5.41) is 22.6. The van der Waals surface area contributed by atoms with Crippen LogP contribution in [0.2, 0.25) is 0 Å². The first-order valence-electron chi connectivity index (χ1n) is 20.4. The predicted octanol–water partition coefficient (Wildman–Crippen LogP) is 12.3. The zero-order valence-corrected chi connectivity index (χ0v) is 30.7. The number of carbonyl (C=O) groups is 1. The van der Waals surface area contributed by atoms with E-state index in [9.17, 15) is 15.0 Å². The lowest BCUT2D eigenvalue weighted by Crippen LogP contribution is -2.45. The lowest BCUT2D eigenvalue weighted by atomic mass is 10.0. The molecule has 0 aromatic heterocycles. The second-order valence-electron chi connectivity index (χ2n) is 14.1. The average Bonchev–Trinajstić information content (AvgIpc) is 3.04. The molecule has 0 aromatic carbocycles. The smallest absolute Gasteiger partial charge is 0.220 e. The number of amides is 1. The molecule has 0 fully saturated rings. The third-order valence-corrected chi connectivity index (χ3v) is 9.52. The maximum absolute atomic E-state index is 11.9. The first-order valence-corrected chi connectivity index (χ1v) is 20.4. The molecule has 1 amide bonds. The van der Waals surface area contributed by atoms with E-state index in [1.165, 1.54) is 173 Å². The summed E-state index contributed by atoms with van der Waals surface area (Å²) in [6, 6.07) is -0.612. The number of rotatable bonds is 37. The molecule has 0 radical (unpaired) electrons. The number of unbranched alkanes of at least 4 members (excludes halogenated alkanes) is 30. The molecule has 0 aliphatic rings. The molecule has 0 aliphatic carbocycles. The second kappa shape index (κ2) is 37.6. The van der Waals surface area contributed by atoms with Gasteiger partial charge in [0, 0.05) is 6.42 Å². The highest BCUT2D eigenvalue weighted by Crippen LogP contribution is 2.16. The summed E-state index contributed by atoms with van der Waals surface area (Å²) in [6.45, 7) is 4.16. The van der Waals surface area contributed by atoms with Crippen molar-refractivity contribution in [1.29, 1.82) is 0 Å². The van der Waals surface area contributed by atoms with Gasteiger partial charge in [0.25, 0.3) is 0 Å². The third-order valence-electron chi connectivity index (χ3n) is 9.52. The topological polar surface area (TPSA) is 69.6 Å². The van der Waals surface area contributed by atoms with Crippen molar-refractivity contribution < 1.29 is 15.0 Å². The summed E-state index contributed by atoms with van der Waals surface area (Å²) >= 11 is 0. The van der Waals surface area contributed by atoms with Gasteiger partial charge in [-0.15, -0.1) is 0 Å². The molecule has 0 bridgehead atoms. The summed E-state index contributed by atoms with van der Waals surface area (Å²) in [4.78, 5) is 11.9. The number of hydrogen-bond donors (Lipinski definition) is 3. The van der Waals surface area contributed by atoms with Crippen LogP contribution < -0.4 is 5.32 Å². The van der Waals surface area contributed by atoms with Gasteiger partial charge in [-0.2, -0.15) is 0 Å². The molecule has 0 saturated carbocycles. The van der Waals surface area contributed by atoms with Crippen LogP contribution in [-0.2, 0) is 4.79 Å². The summed E-state index contributed by atoms with van der Waals surface area (Å²) in [6.07, 6.45) is 46.9. The Bertz CT molecular complexity index is 608. The number of aliphatic hydroxyl groups is 2. The fraction of sp³-hybridized carbons (Fsp3) is 0.927. The van der Waals surface area contributed by atoms with Crippen molar-refractivity contribution in [2.45, 2.75) is 238 Å². The Morgan fingerprint density at radius 3 is 1.16 bits per heavy atom. The van der Waals surface area contributed by atoms with Gasteiger partial charge in [0.2, 0.25) is 5.91 Å². The van der Waals surface area contributed by atoms with Gasteiger partial charge in [-0.05, 0) is 19.3 Å². The molecule has 0 aliphatic heterocycles. The molecule has 0 rings (SSSR count). The van der Waals surface area contributed by atoms with Crippen LogP contribution in [-0.4, -0.2) is 34.9 Å². The summed E-state index contributed by atoms with van der Waals surface area (Å²) in [5.41, 5.74) is 0. The molecule has 0 spiro atoms. The van der Waals surface area contributed by atoms with E-state index in [-0.39, 0.29) is 12.5 Å². The zero-order chi connectivity index (χ0) is 32.9. The van der Waals surface area contributed by atoms with Crippen molar-refractivity contribution in [1.82, 2.24) is 5.32 Å². The maximum atomic E-state index is 11.9. The quantitative estimate of drug-likeness (QED) is 0.0470. The van der Waals surface area contributed by atoms with Crippen molar-refractivity contribution in [2.24, 2.45) is 0 Å². The molecule has 2 atom stereocenters. The third kappa shape index (κ3) is 34.3. The van der Waals surface area contributed by atoms with E-state index in [1.807, 2.05) is 6.08 Å². The van der Waals surface area contributed by atoms with E-state index in [4.69, 9.17) is 0 Å². The van der Waals surface area contributed by atoms with E-state index < -0.39 is 12.1 Å². The van der Waals surface area contributed by atoms with Gasteiger partial charge in [0.05, 0.1) is 18.8 Å². The number of nitrogens with one attached hydrogen (secondary N) is 1. The van der Waals surface area contributed by atoms with Crippen molar-refractivity contribution >= 4 is 5.91 Å². The average molecular weight is 636 g/mol. The molecular weight excluding hydrogens is 554 g/mol. The minimum absolute atomic E-state index is 0.0873. The van der Waals surface area contributed by atoms with Gasteiger partial charge in [-0.25, -0.2) is 0 Å². The molecule has 2 unspecified atom stereocenters. The SMILES string of the molecule is CCCCCCCCCCCCCCCCCCCCCCCCCCCCCC/C=C/C(O)C(CO)NC(=O)CCCCC. The van der Waals surface area contributed by atoms with E-state index in [0.29, 0.717) is 6.42 Å². The highest BCUT2D eigenvalue weighted by atomic mass is 16.3. The van der Waals surface area contributed by atoms with E-state index >= 15 is 0 Å². The fourth-order valence-corrected chi connectivity index (χ4v) is 6.35. The van der Waals surface area contributed by atoms with Gasteiger partial charge < -0.3 is 15.5 Å². The van der Waals surface area contributed by atoms with Crippen LogP contribution in [0.3, 0.4) is 0 Å². The highest BCUT2D eigenvalue weighted by Gasteiger charge is 2.17. The Morgan fingerprint density at radius 1 is 0.511 bits per heavy atom. The Morgan fingerprint density at radius 2 is 0.822 bits per heavy atom. The molecule has 0 heterocycles. The largest absolute Gasteiger partial charge is 0.394 e. The number of allylic oxidation sites excluding steroid dienone is 1. The van der Waals surface area contributed by atoms with Crippen molar-refractivity contribution in [3.05, 3.63) is 12.2 Å². The lowest BCUT2D eigenvalue weighted by molar-refractivity contribution is -0.123. The Hall–Kier alpha value is -0.870. The lowest BCUT2D eigenvalue weighted by Gasteiger charge is -2.19. The zero-order valence-electron chi connectivity index (χ0n) is 30.7. The van der Waals surface area contributed by atoms with Gasteiger partial charge in [-0.1, -0.05) is 212 Å². The van der Waals surface area contributed by atoms with Crippen molar-refractivity contribution in [3.8, 4) is 0 Å². The summed E-state index contributed by atoms with van der Waals surface area (Å²) < 4.78 is 0. The molecule has 0 saturated heterocycles. The number of carbonyl (C=O) groups excluding carboxylic acids is 1. The first kappa shape index (κ1) is 44.1. The molecule has 3 N–H and O–H groups in total. The van der Waals surface area contributed by atoms with Gasteiger partial charge in [0.15, 0.2) is 0 Å². The van der Waals surface area contributed by atoms with Crippen LogP contribution >= 0.6 is 0 Å². The Balaban J connectivity index is 3.31. The minimum Gasteiger partial charge on any atom is -0.394 e. The summed E-state index contributed by atoms with van der Waals surface area (Å²) in [5.74, 6) is -0.0873. The summed E-state index contributed by atoms with van der Waals surface area (Å²) in [7, 11) is 0. The maximum Gasteiger partial charge on any atom is 0.220 e. The van der Waals surface area contributed by atoms with Crippen molar-refractivity contribution in [2.75, 3.05) is 6.61 Å². The van der Waals surface area contributed by atoms with Crippen LogP contribution in [0.15, 0.2) is 12.2 Å². The molecule has 4 heteroatoms. The van der Waals surface area contributed by atoms with Gasteiger partial charge >= 0.3 is 0 Å². The van der Waals surface area contributed by atoms with E-state index in [2.05, 4.69) is 19.2 Å². The van der Waals surface area contributed by atoms with Gasteiger partial charge in [0.1, 0.15) is 0 Å². The molecule has 4 nitrogen and oxygen atoms in total. The Labute approximate surface area is 282 Å². The van der Waals surface area contributed by atoms with Crippen LogP contribution in [0.1, 0.15) is 226 Å². The number of aliphatic hydroxyl groups excluding tert-OH is 2. The monoisotopic (exact) mass is 636 g/mol. The standard InChI is InChI=1S/C41H81NO3/c1-3-5-7-8-9-10-11-12-13-14-15-16-17-18-19-20-21-22-23-24-25-26-27-28-29-30-31-32-33-35-36-40(44)39(38-43)42-41(45)37-34-6-4-2/h35-36,39-40,43-44H,3-34,37-38H2,1-2H3,(H,42,45)/b36-35+.